The Balaban J connectivity index is 1.51. The van der Waals surface area contributed by atoms with Gasteiger partial charge in [0.2, 0.25) is 5.91 Å². The minimum absolute atomic E-state index is 0.114. The number of carbonyl (C=O) groups is 2. The molecule has 140 valence electrons. The molecule has 4 heteroatoms. The highest BCUT2D eigenvalue weighted by Crippen LogP contribution is 2.33. The monoisotopic (exact) mass is 370 g/mol. The first-order valence-corrected chi connectivity index (χ1v) is 9.52. The van der Waals surface area contributed by atoms with E-state index in [1.807, 2.05) is 72.8 Å². The first-order chi connectivity index (χ1) is 13.7. The number of amides is 2. The molecule has 1 aliphatic heterocycles. The van der Waals surface area contributed by atoms with Gasteiger partial charge in [-0.15, -0.1) is 0 Å². The number of carbonyl (C=O) groups excluding carboxylic acids is 2. The van der Waals surface area contributed by atoms with E-state index in [4.69, 9.17) is 0 Å². The summed E-state index contributed by atoms with van der Waals surface area (Å²) < 4.78 is 0. The van der Waals surface area contributed by atoms with E-state index in [0.717, 1.165) is 17.7 Å². The average molecular weight is 370 g/mol. The van der Waals surface area contributed by atoms with Crippen LogP contribution in [0.3, 0.4) is 0 Å². The van der Waals surface area contributed by atoms with Crippen molar-refractivity contribution in [3.63, 3.8) is 0 Å². The number of hydrogen-bond acceptors (Lipinski definition) is 2. The quantitative estimate of drug-likeness (QED) is 0.746. The molecule has 1 aliphatic rings. The highest BCUT2D eigenvalue weighted by molar-refractivity contribution is 6.11. The molecule has 1 atom stereocenters. The number of benzene rings is 3. The van der Waals surface area contributed by atoms with E-state index in [2.05, 4.69) is 5.32 Å². The zero-order chi connectivity index (χ0) is 19.3. The van der Waals surface area contributed by atoms with E-state index in [-0.39, 0.29) is 11.8 Å². The van der Waals surface area contributed by atoms with Crippen molar-refractivity contribution in [2.45, 2.75) is 18.9 Å². The molecule has 0 bridgehead atoms. The number of nitrogens with one attached hydrogen (secondary N) is 1. The summed E-state index contributed by atoms with van der Waals surface area (Å²) in [4.78, 5) is 27.8. The molecule has 4 rings (SSSR count). The number of fused-ring (bicyclic) bond motifs is 1. The second-order valence-electron chi connectivity index (χ2n) is 6.92. The summed E-state index contributed by atoms with van der Waals surface area (Å²) in [6, 6.07) is 26.4. The van der Waals surface area contributed by atoms with Crippen LogP contribution in [0.1, 0.15) is 21.5 Å². The Morgan fingerprint density at radius 1 is 0.857 bits per heavy atom. The van der Waals surface area contributed by atoms with Crippen molar-refractivity contribution < 1.29 is 9.59 Å². The molecule has 1 heterocycles. The number of para-hydroxylation sites is 1. The van der Waals surface area contributed by atoms with Gasteiger partial charge in [0.1, 0.15) is 6.04 Å². The third kappa shape index (κ3) is 3.67. The molecule has 0 aliphatic carbocycles. The van der Waals surface area contributed by atoms with Gasteiger partial charge in [-0.05, 0) is 35.7 Å². The topological polar surface area (TPSA) is 49.4 Å². The Kier molecular flexibility index (Phi) is 5.20. The fourth-order valence-electron chi connectivity index (χ4n) is 3.66. The Labute approximate surface area is 164 Å². The predicted octanol–water partition coefficient (Wildman–Crippen LogP) is 3.62. The van der Waals surface area contributed by atoms with E-state index in [0.29, 0.717) is 18.5 Å². The van der Waals surface area contributed by atoms with Crippen LogP contribution in [0.5, 0.6) is 0 Å². The number of hydrogen-bond donors (Lipinski definition) is 1. The van der Waals surface area contributed by atoms with Crippen LogP contribution in [0.15, 0.2) is 84.9 Å². The maximum atomic E-state index is 13.2. The van der Waals surface area contributed by atoms with E-state index in [9.17, 15) is 9.59 Å². The van der Waals surface area contributed by atoms with Crippen LogP contribution < -0.4 is 10.2 Å². The summed E-state index contributed by atoms with van der Waals surface area (Å²) in [7, 11) is 0. The summed E-state index contributed by atoms with van der Waals surface area (Å²) in [6.45, 7) is 0.545. The average Bonchev–Trinajstić information content (AvgIpc) is 3.14. The number of anilines is 1. The van der Waals surface area contributed by atoms with Gasteiger partial charge in [-0.1, -0.05) is 66.7 Å². The Bertz CT molecular complexity index is 970. The highest BCUT2D eigenvalue weighted by Gasteiger charge is 2.38. The summed E-state index contributed by atoms with van der Waals surface area (Å²) in [6.07, 6.45) is 1.30. The minimum atomic E-state index is -0.527. The molecule has 3 aromatic rings. The Morgan fingerprint density at radius 3 is 2.25 bits per heavy atom. The minimum Gasteiger partial charge on any atom is -0.354 e. The van der Waals surface area contributed by atoms with Crippen molar-refractivity contribution in [3.8, 4) is 0 Å². The van der Waals surface area contributed by atoms with Crippen LogP contribution in [-0.2, 0) is 17.6 Å². The molecule has 0 saturated carbocycles. The normalized spacial score (nSPS) is 15.1. The molecule has 28 heavy (non-hydrogen) atoms. The van der Waals surface area contributed by atoms with Crippen molar-refractivity contribution in [1.82, 2.24) is 5.32 Å². The van der Waals surface area contributed by atoms with Gasteiger partial charge in [-0.3, -0.25) is 14.5 Å². The fourth-order valence-corrected chi connectivity index (χ4v) is 3.66. The maximum absolute atomic E-state index is 13.2. The largest absolute Gasteiger partial charge is 0.354 e. The third-order valence-corrected chi connectivity index (χ3v) is 5.07. The third-order valence-electron chi connectivity index (χ3n) is 5.07. The van der Waals surface area contributed by atoms with Crippen molar-refractivity contribution in [1.29, 1.82) is 0 Å². The molecular formula is C24H22N2O2. The van der Waals surface area contributed by atoms with Crippen LogP contribution in [-0.4, -0.2) is 24.4 Å². The van der Waals surface area contributed by atoms with Crippen LogP contribution in [0.4, 0.5) is 5.69 Å². The predicted molar refractivity (Wildman–Crippen MR) is 110 cm³/mol. The first kappa shape index (κ1) is 18.0. The van der Waals surface area contributed by atoms with Gasteiger partial charge >= 0.3 is 0 Å². The standard InChI is InChI=1S/C24H22N2O2/c27-23(25-16-15-18-9-3-1-4-10-18)22-17-20-13-7-8-14-21(20)26(22)24(28)19-11-5-2-6-12-19/h1-14,22H,15-17H2,(H,25,27)/t22-/m0/s1. The molecule has 2 amide bonds. The maximum Gasteiger partial charge on any atom is 0.259 e. The molecule has 0 unspecified atom stereocenters. The second kappa shape index (κ2) is 8.09. The van der Waals surface area contributed by atoms with Gasteiger partial charge in [0.15, 0.2) is 0 Å². The van der Waals surface area contributed by atoms with E-state index >= 15 is 0 Å². The van der Waals surface area contributed by atoms with Crippen molar-refractivity contribution >= 4 is 17.5 Å². The van der Waals surface area contributed by atoms with Crippen molar-refractivity contribution in [2.75, 3.05) is 11.4 Å². The lowest BCUT2D eigenvalue weighted by Crippen LogP contribution is -2.48. The lowest BCUT2D eigenvalue weighted by molar-refractivity contribution is -0.122. The Hall–Kier alpha value is -3.40. The lowest BCUT2D eigenvalue weighted by atomic mass is 10.1. The van der Waals surface area contributed by atoms with Gasteiger partial charge in [-0.25, -0.2) is 0 Å². The van der Waals surface area contributed by atoms with Gasteiger partial charge in [0.05, 0.1) is 0 Å². The molecule has 0 spiro atoms. The van der Waals surface area contributed by atoms with Gasteiger partial charge in [0, 0.05) is 24.2 Å². The summed E-state index contributed by atoms with van der Waals surface area (Å²) in [5, 5.41) is 3.01. The van der Waals surface area contributed by atoms with Crippen molar-refractivity contribution in [3.05, 3.63) is 102 Å². The van der Waals surface area contributed by atoms with Gasteiger partial charge in [-0.2, -0.15) is 0 Å². The van der Waals surface area contributed by atoms with Crippen LogP contribution in [0, 0.1) is 0 Å². The zero-order valence-electron chi connectivity index (χ0n) is 15.5. The molecule has 0 radical (unpaired) electrons. The molecule has 0 fully saturated rings. The molecule has 0 aromatic heterocycles. The van der Waals surface area contributed by atoms with Crippen LogP contribution in [0.25, 0.3) is 0 Å². The molecule has 3 aromatic carbocycles. The van der Waals surface area contributed by atoms with Crippen LogP contribution >= 0.6 is 0 Å². The Morgan fingerprint density at radius 2 is 1.50 bits per heavy atom. The fraction of sp³-hybridized carbons (Fsp3) is 0.167. The van der Waals surface area contributed by atoms with E-state index < -0.39 is 6.04 Å². The highest BCUT2D eigenvalue weighted by atomic mass is 16.2. The molecule has 4 nitrogen and oxygen atoms in total. The smallest absolute Gasteiger partial charge is 0.259 e. The summed E-state index contributed by atoms with van der Waals surface area (Å²) in [5.41, 5.74) is 3.60. The molecular weight excluding hydrogens is 348 g/mol. The summed E-state index contributed by atoms with van der Waals surface area (Å²) >= 11 is 0. The van der Waals surface area contributed by atoms with Crippen molar-refractivity contribution in [2.24, 2.45) is 0 Å². The van der Waals surface area contributed by atoms with E-state index in [1.54, 1.807) is 17.0 Å². The van der Waals surface area contributed by atoms with E-state index in [1.165, 1.54) is 5.56 Å². The summed E-state index contributed by atoms with van der Waals surface area (Å²) in [5.74, 6) is -0.259. The van der Waals surface area contributed by atoms with Gasteiger partial charge in [0.25, 0.3) is 5.91 Å². The first-order valence-electron chi connectivity index (χ1n) is 9.52. The number of nitrogens with zero attached hydrogens (tertiary/aromatic N) is 1. The molecule has 0 saturated heterocycles. The second-order valence-corrected chi connectivity index (χ2v) is 6.92. The number of rotatable bonds is 5. The van der Waals surface area contributed by atoms with Gasteiger partial charge < -0.3 is 5.32 Å². The zero-order valence-corrected chi connectivity index (χ0v) is 15.5. The molecule has 1 N–H and O–H groups in total. The van der Waals surface area contributed by atoms with Crippen LogP contribution in [0.2, 0.25) is 0 Å². The lowest BCUT2D eigenvalue weighted by Gasteiger charge is -2.25. The SMILES string of the molecule is O=C(NCCc1ccccc1)[C@@H]1Cc2ccccc2N1C(=O)c1ccccc1.